The predicted octanol–water partition coefficient (Wildman–Crippen LogP) is 1.54. The summed E-state index contributed by atoms with van der Waals surface area (Å²) in [5.74, 6) is -0.613. The van der Waals surface area contributed by atoms with Crippen molar-refractivity contribution in [2.24, 2.45) is 0 Å². The van der Waals surface area contributed by atoms with E-state index in [2.05, 4.69) is 0 Å². The molecule has 1 aromatic carbocycles. The highest BCUT2D eigenvalue weighted by molar-refractivity contribution is 5.97. The Labute approximate surface area is 82.3 Å². The van der Waals surface area contributed by atoms with E-state index >= 15 is 0 Å². The number of nitrogens with two attached hydrogens (primary N) is 1. The Morgan fingerprint density at radius 3 is 2.64 bits per heavy atom. The Bertz CT molecular complexity index is 361. The Balaban J connectivity index is 3.39. The first-order valence-corrected chi connectivity index (χ1v) is 4.30. The van der Waals surface area contributed by atoms with Crippen LogP contribution in [0, 0.1) is 0 Å². The van der Waals surface area contributed by atoms with E-state index in [-0.39, 0.29) is 11.3 Å². The Morgan fingerprint density at radius 2 is 2.21 bits per heavy atom. The number of carboxylic acid groups (broad SMARTS) is 1. The minimum Gasteiger partial charge on any atom is -0.495 e. The molecule has 0 heterocycles. The molecule has 0 saturated carbocycles. The fourth-order valence-electron chi connectivity index (χ4n) is 1.37. The highest BCUT2D eigenvalue weighted by atomic mass is 16.5. The largest absolute Gasteiger partial charge is 0.495 e. The molecule has 0 unspecified atom stereocenters. The highest BCUT2D eigenvalue weighted by Crippen LogP contribution is 2.28. The van der Waals surface area contributed by atoms with Gasteiger partial charge >= 0.3 is 5.97 Å². The number of hydrogen-bond donors (Lipinski definition) is 2. The first-order valence-electron chi connectivity index (χ1n) is 4.30. The summed E-state index contributed by atoms with van der Waals surface area (Å²) >= 11 is 0. The van der Waals surface area contributed by atoms with Gasteiger partial charge in [-0.15, -0.1) is 0 Å². The number of rotatable bonds is 3. The summed E-state index contributed by atoms with van der Waals surface area (Å²) in [6.07, 6.45) is 0.635. The molecule has 0 bridgehead atoms. The maximum Gasteiger partial charge on any atom is 0.338 e. The van der Waals surface area contributed by atoms with E-state index in [0.29, 0.717) is 12.2 Å². The van der Waals surface area contributed by atoms with E-state index in [0.717, 1.165) is 5.56 Å². The van der Waals surface area contributed by atoms with Gasteiger partial charge in [0.05, 0.1) is 18.4 Å². The van der Waals surface area contributed by atoms with Gasteiger partial charge in [-0.25, -0.2) is 4.79 Å². The van der Waals surface area contributed by atoms with E-state index in [9.17, 15) is 4.79 Å². The molecule has 0 spiro atoms. The summed E-state index contributed by atoms with van der Waals surface area (Å²) in [4.78, 5) is 10.9. The zero-order valence-electron chi connectivity index (χ0n) is 8.20. The van der Waals surface area contributed by atoms with Crippen LogP contribution in [0.25, 0.3) is 0 Å². The third-order valence-electron chi connectivity index (χ3n) is 2.11. The lowest BCUT2D eigenvalue weighted by Gasteiger charge is -2.10. The summed E-state index contributed by atoms with van der Waals surface area (Å²) < 4.78 is 4.95. The summed E-state index contributed by atoms with van der Waals surface area (Å²) in [7, 11) is 1.46. The molecule has 0 radical (unpaired) electrons. The zero-order valence-corrected chi connectivity index (χ0v) is 8.20. The van der Waals surface area contributed by atoms with Crippen molar-refractivity contribution in [2.45, 2.75) is 13.3 Å². The fourth-order valence-corrected chi connectivity index (χ4v) is 1.37. The van der Waals surface area contributed by atoms with Gasteiger partial charge in [-0.2, -0.15) is 0 Å². The van der Waals surface area contributed by atoms with E-state index in [1.54, 1.807) is 12.1 Å². The Kier molecular flexibility index (Phi) is 2.96. The first-order chi connectivity index (χ1) is 6.61. The second-order valence-corrected chi connectivity index (χ2v) is 2.87. The molecule has 1 rings (SSSR count). The Hall–Kier alpha value is -1.71. The van der Waals surface area contributed by atoms with E-state index in [1.165, 1.54) is 7.11 Å². The molecule has 76 valence electrons. The molecule has 0 aliphatic rings. The van der Waals surface area contributed by atoms with Crippen molar-refractivity contribution < 1.29 is 14.6 Å². The zero-order chi connectivity index (χ0) is 10.7. The fraction of sp³-hybridized carbons (Fsp3) is 0.300. The molecule has 14 heavy (non-hydrogen) atoms. The Morgan fingerprint density at radius 1 is 1.57 bits per heavy atom. The summed E-state index contributed by atoms with van der Waals surface area (Å²) in [6, 6.07) is 3.40. The van der Waals surface area contributed by atoms with Gasteiger partial charge in [-0.3, -0.25) is 0 Å². The van der Waals surface area contributed by atoms with Gasteiger partial charge in [0.1, 0.15) is 5.75 Å². The van der Waals surface area contributed by atoms with Crippen LogP contribution in [0.15, 0.2) is 12.1 Å². The van der Waals surface area contributed by atoms with E-state index in [4.69, 9.17) is 15.6 Å². The molecule has 0 aliphatic heterocycles. The van der Waals surface area contributed by atoms with Gasteiger partial charge in [-0.1, -0.05) is 13.0 Å². The third kappa shape index (κ3) is 1.64. The van der Waals surface area contributed by atoms with Crippen LogP contribution in [-0.2, 0) is 6.42 Å². The summed E-state index contributed by atoms with van der Waals surface area (Å²) in [5.41, 5.74) is 6.72. The van der Waals surface area contributed by atoms with Crippen molar-refractivity contribution in [1.82, 2.24) is 0 Å². The normalized spacial score (nSPS) is 9.86. The molecule has 3 N–H and O–H groups in total. The molecule has 0 atom stereocenters. The monoisotopic (exact) mass is 195 g/mol. The molecule has 1 aromatic rings. The number of nitrogen functional groups attached to an aromatic ring is 1. The maximum atomic E-state index is 10.9. The van der Waals surface area contributed by atoms with Crippen LogP contribution in [-0.4, -0.2) is 18.2 Å². The smallest absolute Gasteiger partial charge is 0.338 e. The number of carboxylic acids is 1. The van der Waals surface area contributed by atoms with Crippen LogP contribution in [0.5, 0.6) is 5.75 Å². The van der Waals surface area contributed by atoms with Crippen LogP contribution in [0.2, 0.25) is 0 Å². The van der Waals surface area contributed by atoms with Crippen LogP contribution < -0.4 is 10.5 Å². The lowest BCUT2D eigenvalue weighted by Crippen LogP contribution is -2.08. The number of aromatic carboxylic acids is 1. The van der Waals surface area contributed by atoms with Crippen LogP contribution in [0.4, 0.5) is 5.69 Å². The molecule has 4 heteroatoms. The third-order valence-corrected chi connectivity index (χ3v) is 2.11. The second-order valence-electron chi connectivity index (χ2n) is 2.87. The van der Waals surface area contributed by atoms with Gasteiger partial charge in [-0.05, 0) is 18.1 Å². The van der Waals surface area contributed by atoms with Gasteiger partial charge in [0, 0.05) is 0 Å². The predicted molar refractivity (Wildman–Crippen MR) is 53.7 cm³/mol. The quantitative estimate of drug-likeness (QED) is 0.717. The SMILES string of the molecule is CCc1ccc(OC)c(N)c1C(=O)O. The average molecular weight is 195 g/mol. The number of benzene rings is 1. The molecular formula is C10H13NO3. The van der Waals surface area contributed by atoms with Crippen molar-refractivity contribution in [3.05, 3.63) is 23.3 Å². The lowest BCUT2D eigenvalue weighted by molar-refractivity contribution is 0.0696. The van der Waals surface area contributed by atoms with Crippen molar-refractivity contribution in [2.75, 3.05) is 12.8 Å². The van der Waals surface area contributed by atoms with Gasteiger partial charge < -0.3 is 15.6 Å². The second kappa shape index (κ2) is 4.00. The summed E-state index contributed by atoms with van der Waals surface area (Å²) in [6.45, 7) is 1.88. The number of methoxy groups -OCH3 is 1. The van der Waals surface area contributed by atoms with E-state index in [1.807, 2.05) is 6.92 Å². The van der Waals surface area contributed by atoms with Crippen LogP contribution in [0.1, 0.15) is 22.8 Å². The van der Waals surface area contributed by atoms with Gasteiger partial charge in [0.15, 0.2) is 0 Å². The lowest BCUT2D eigenvalue weighted by atomic mass is 10.0. The van der Waals surface area contributed by atoms with Gasteiger partial charge in [0.2, 0.25) is 0 Å². The minimum absolute atomic E-state index is 0.145. The van der Waals surface area contributed by atoms with Crippen molar-refractivity contribution in [3.63, 3.8) is 0 Å². The molecular weight excluding hydrogens is 182 g/mol. The molecule has 0 amide bonds. The minimum atomic E-state index is -1.02. The van der Waals surface area contributed by atoms with Crippen LogP contribution >= 0.6 is 0 Å². The first kappa shape index (κ1) is 10.4. The van der Waals surface area contributed by atoms with Gasteiger partial charge in [0.25, 0.3) is 0 Å². The maximum absolute atomic E-state index is 10.9. The summed E-state index contributed by atoms with van der Waals surface area (Å²) in [5, 5.41) is 8.96. The number of hydrogen-bond acceptors (Lipinski definition) is 3. The van der Waals surface area contributed by atoms with Crippen molar-refractivity contribution in [1.29, 1.82) is 0 Å². The number of carbonyl (C=O) groups is 1. The highest BCUT2D eigenvalue weighted by Gasteiger charge is 2.16. The molecule has 0 fully saturated rings. The number of anilines is 1. The topological polar surface area (TPSA) is 72.5 Å². The van der Waals surface area contributed by atoms with Crippen molar-refractivity contribution >= 4 is 11.7 Å². The van der Waals surface area contributed by atoms with E-state index < -0.39 is 5.97 Å². The molecule has 4 nitrogen and oxygen atoms in total. The molecule has 0 saturated heterocycles. The van der Waals surface area contributed by atoms with Crippen molar-refractivity contribution in [3.8, 4) is 5.75 Å². The molecule has 0 aliphatic carbocycles. The average Bonchev–Trinajstić information content (AvgIpc) is 2.16. The number of ether oxygens (including phenoxy) is 1. The van der Waals surface area contributed by atoms with Crippen LogP contribution in [0.3, 0.4) is 0 Å². The standard InChI is InChI=1S/C10H13NO3/c1-3-6-4-5-7(14-2)9(11)8(6)10(12)13/h4-5H,3,11H2,1-2H3,(H,12,13). The number of aryl methyl sites for hydroxylation is 1. The molecule has 0 aromatic heterocycles.